The van der Waals surface area contributed by atoms with E-state index in [2.05, 4.69) is 11.4 Å². The van der Waals surface area contributed by atoms with Crippen molar-refractivity contribution in [1.29, 1.82) is 0 Å². The van der Waals surface area contributed by atoms with E-state index in [9.17, 15) is 9.59 Å². The number of alkyl carbamates (subject to hydrolysis) is 1. The van der Waals surface area contributed by atoms with Crippen molar-refractivity contribution in [3.05, 3.63) is 23.8 Å². The summed E-state index contributed by atoms with van der Waals surface area (Å²) < 4.78 is 10.4. The van der Waals surface area contributed by atoms with Gasteiger partial charge >= 0.3 is 12.1 Å². The van der Waals surface area contributed by atoms with Crippen LogP contribution in [0.5, 0.6) is 0 Å². The van der Waals surface area contributed by atoms with Gasteiger partial charge in [-0.05, 0) is 39.2 Å². The number of hydrogen-bond acceptors (Lipinski definition) is 4. The Balaban J connectivity index is 2.39. The van der Waals surface area contributed by atoms with Crippen LogP contribution in [-0.4, -0.2) is 42.0 Å². The number of hydrogen-bond donors (Lipinski definition) is 2. The standard InChI is InChI=1S/C15H23NO5/c1-15(2,3)21-14(19)16-12(13(17)18)10-20-9-11-7-5-4-6-8-11/h5,7-8,12H,4,6,9-10H2,1-3H3,(H,16,19)(H,17,18). The molecule has 1 atom stereocenters. The number of carboxylic acid groups (broad SMARTS) is 1. The molecular formula is C15H23NO5. The predicted octanol–water partition coefficient (Wildman–Crippen LogP) is 2.26. The maximum Gasteiger partial charge on any atom is 0.408 e. The molecule has 0 spiro atoms. The number of aliphatic carboxylic acids is 1. The van der Waals surface area contributed by atoms with Gasteiger partial charge in [0, 0.05) is 0 Å². The fourth-order valence-electron chi connectivity index (χ4n) is 1.69. The SMILES string of the molecule is CC(C)(C)OC(=O)NC(COCC1=CCCC=C1)C(=O)O. The molecule has 0 heterocycles. The largest absolute Gasteiger partial charge is 0.480 e. The molecule has 1 amide bonds. The summed E-state index contributed by atoms with van der Waals surface area (Å²) in [4.78, 5) is 22.7. The fraction of sp³-hybridized carbons (Fsp3) is 0.600. The van der Waals surface area contributed by atoms with Gasteiger partial charge in [0.1, 0.15) is 5.60 Å². The third-order valence-electron chi connectivity index (χ3n) is 2.61. The van der Waals surface area contributed by atoms with Crippen LogP contribution in [0.25, 0.3) is 0 Å². The molecule has 118 valence electrons. The molecule has 0 radical (unpaired) electrons. The van der Waals surface area contributed by atoms with Crippen LogP contribution in [0.15, 0.2) is 23.8 Å². The summed E-state index contributed by atoms with van der Waals surface area (Å²) in [5, 5.41) is 11.4. The Bertz CT molecular complexity index is 434. The molecule has 0 aromatic heterocycles. The van der Waals surface area contributed by atoms with Crippen LogP contribution in [0, 0.1) is 0 Å². The highest BCUT2D eigenvalue weighted by Gasteiger charge is 2.24. The fourth-order valence-corrected chi connectivity index (χ4v) is 1.69. The first kappa shape index (κ1) is 17.2. The summed E-state index contributed by atoms with van der Waals surface area (Å²) in [6.07, 6.45) is 7.27. The van der Waals surface area contributed by atoms with Crippen LogP contribution in [0.4, 0.5) is 4.79 Å². The van der Waals surface area contributed by atoms with E-state index in [4.69, 9.17) is 14.6 Å². The number of amides is 1. The lowest BCUT2D eigenvalue weighted by molar-refractivity contribution is -0.141. The number of carbonyl (C=O) groups excluding carboxylic acids is 1. The molecule has 1 unspecified atom stereocenters. The van der Waals surface area contributed by atoms with Crippen LogP contribution in [0.1, 0.15) is 33.6 Å². The number of nitrogens with one attached hydrogen (secondary N) is 1. The molecule has 0 fully saturated rings. The first-order chi connectivity index (χ1) is 9.78. The Morgan fingerprint density at radius 1 is 1.38 bits per heavy atom. The molecule has 0 saturated carbocycles. The molecule has 6 heteroatoms. The highest BCUT2D eigenvalue weighted by molar-refractivity contribution is 5.80. The van der Waals surface area contributed by atoms with E-state index in [-0.39, 0.29) is 6.61 Å². The van der Waals surface area contributed by atoms with Crippen LogP contribution < -0.4 is 5.32 Å². The van der Waals surface area contributed by atoms with E-state index in [1.54, 1.807) is 20.8 Å². The average Bonchev–Trinajstić information content (AvgIpc) is 2.36. The first-order valence-electron chi connectivity index (χ1n) is 6.93. The second-order valence-corrected chi connectivity index (χ2v) is 5.81. The minimum absolute atomic E-state index is 0.111. The van der Waals surface area contributed by atoms with Gasteiger partial charge in [0.2, 0.25) is 0 Å². The Morgan fingerprint density at radius 3 is 2.62 bits per heavy atom. The third kappa shape index (κ3) is 7.51. The van der Waals surface area contributed by atoms with E-state index in [1.807, 2.05) is 12.2 Å². The van der Waals surface area contributed by atoms with Gasteiger partial charge in [-0.15, -0.1) is 0 Å². The van der Waals surface area contributed by atoms with E-state index in [0.717, 1.165) is 18.4 Å². The minimum atomic E-state index is -1.16. The number of rotatable bonds is 6. The average molecular weight is 297 g/mol. The lowest BCUT2D eigenvalue weighted by atomic mass is 10.1. The molecule has 1 aliphatic carbocycles. The summed E-state index contributed by atoms with van der Waals surface area (Å²) in [6, 6.07) is -1.13. The zero-order valence-electron chi connectivity index (χ0n) is 12.7. The summed E-state index contributed by atoms with van der Waals surface area (Å²) in [5.74, 6) is -1.16. The number of carboxylic acids is 1. The van der Waals surface area contributed by atoms with Gasteiger partial charge in [-0.3, -0.25) is 0 Å². The van der Waals surface area contributed by atoms with Gasteiger partial charge in [0.15, 0.2) is 6.04 Å². The lowest BCUT2D eigenvalue weighted by Gasteiger charge is -2.22. The van der Waals surface area contributed by atoms with Crippen molar-refractivity contribution >= 4 is 12.1 Å². The van der Waals surface area contributed by atoms with Crippen LogP contribution in [0.2, 0.25) is 0 Å². The van der Waals surface area contributed by atoms with Gasteiger partial charge in [0.05, 0.1) is 13.2 Å². The van der Waals surface area contributed by atoms with Crippen molar-refractivity contribution in [3.63, 3.8) is 0 Å². The topological polar surface area (TPSA) is 84.9 Å². The Kier molecular flexibility index (Phi) is 6.42. The smallest absolute Gasteiger partial charge is 0.408 e. The summed E-state index contributed by atoms with van der Waals surface area (Å²) in [6.45, 7) is 5.35. The van der Waals surface area contributed by atoms with Crippen molar-refractivity contribution in [3.8, 4) is 0 Å². The number of ether oxygens (including phenoxy) is 2. The summed E-state index contributed by atoms with van der Waals surface area (Å²) >= 11 is 0. The maximum absolute atomic E-state index is 11.6. The molecule has 0 aromatic rings. The highest BCUT2D eigenvalue weighted by Crippen LogP contribution is 2.10. The molecule has 21 heavy (non-hydrogen) atoms. The van der Waals surface area contributed by atoms with Crippen LogP contribution in [-0.2, 0) is 14.3 Å². The van der Waals surface area contributed by atoms with Crippen LogP contribution in [0.3, 0.4) is 0 Å². The van der Waals surface area contributed by atoms with E-state index < -0.39 is 23.7 Å². The summed E-state index contributed by atoms with van der Waals surface area (Å²) in [5.41, 5.74) is 0.341. The van der Waals surface area contributed by atoms with Gasteiger partial charge in [-0.2, -0.15) is 0 Å². The monoisotopic (exact) mass is 297 g/mol. The number of allylic oxidation sites excluding steroid dienone is 2. The second-order valence-electron chi connectivity index (χ2n) is 5.81. The Morgan fingerprint density at radius 2 is 2.10 bits per heavy atom. The number of carbonyl (C=O) groups is 2. The molecule has 1 aliphatic rings. The molecule has 2 N–H and O–H groups in total. The maximum atomic E-state index is 11.6. The Labute approximate surface area is 124 Å². The van der Waals surface area contributed by atoms with Crippen molar-refractivity contribution < 1.29 is 24.2 Å². The molecule has 1 rings (SSSR count). The zero-order valence-corrected chi connectivity index (χ0v) is 12.7. The molecule has 0 aliphatic heterocycles. The van der Waals surface area contributed by atoms with Crippen molar-refractivity contribution in [1.82, 2.24) is 5.32 Å². The lowest BCUT2D eigenvalue weighted by Crippen LogP contribution is -2.46. The van der Waals surface area contributed by atoms with Gasteiger partial charge in [-0.1, -0.05) is 18.2 Å². The highest BCUT2D eigenvalue weighted by atomic mass is 16.6. The first-order valence-corrected chi connectivity index (χ1v) is 6.93. The van der Waals surface area contributed by atoms with E-state index in [1.165, 1.54) is 0 Å². The predicted molar refractivity (Wildman–Crippen MR) is 78.1 cm³/mol. The second kappa shape index (κ2) is 7.83. The van der Waals surface area contributed by atoms with Gasteiger partial charge in [0.25, 0.3) is 0 Å². The van der Waals surface area contributed by atoms with Crippen molar-refractivity contribution in [2.24, 2.45) is 0 Å². The molecule has 0 bridgehead atoms. The summed E-state index contributed by atoms with van der Waals surface area (Å²) in [7, 11) is 0. The van der Waals surface area contributed by atoms with Gasteiger partial charge in [-0.25, -0.2) is 9.59 Å². The van der Waals surface area contributed by atoms with Crippen molar-refractivity contribution in [2.45, 2.75) is 45.3 Å². The van der Waals surface area contributed by atoms with Gasteiger partial charge < -0.3 is 19.9 Å². The normalized spacial score (nSPS) is 16.0. The Hall–Kier alpha value is -1.82. The molecule has 0 saturated heterocycles. The van der Waals surface area contributed by atoms with E-state index >= 15 is 0 Å². The third-order valence-corrected chi connectivity index (χ3v) is 2.61. The molecular weight excluding hydrogens is 274 g/mol. The van der Waals surface area contributed by atoms with E-state index in [0.29, 0.717) is 6.61 Å². The quantitative estimate of drug-likeness (QED) is 0.785. The van der Waals surface area contributed by atoms with Crippen LogP contribution >= 0.6 is 0 Å². The molecule has 6 nitrogen and oxygen atoms in total. The molecule has 0 aromatic carbocycles. The minimum Gasteiger partial charge on any atom is -0.480 e. The zero-order chi connectivity index (χ0) is 15.9. The van der Waals surface area contributed by atoms with Crippen molar-refractivity contribution in [2.75, 3.05) is 13.2 Å².